The van der Waals surface area contributed by atoms with Gasteiger partial charge < -0.3 is 10.2 Å². The SMILES string of the molecule is CC[C@H](C(=O)NC(C)(C)C)N(CCc1ccccc1)C(=O)CN(c1cccc(Cl)c1)S(=O)(=O)c1ccc(C)cc1. The van der Waals surface area contributed by atoms with Gasteiger partial charge in [-0.2, -0.15) is 0 Å². The predicted octanol–water partition coefficient (Wildman–Crippen LogP) is 5.61. The molecule has 9 heteroatoms. The minimum atomic E-state index is -4.14. The fraction of sp³-hybridized carbons (Fsp3) is 0.355. The monoisotopic (exact) mass is 583 g/mol. The number of amides is 2. The van der Waals surface area contributed by atoms with Crippen LogP contribution in [0.5, 0.6) is 0 Å². The maximum absolute atomic E-state index is 14.0. The maximum Gasteiger partial charge on any atom is 0.264 e. The number of aryl methyl sites for hydroxylation is 1. The number of nitrogens with one attached hydrogen (secondary N) is 1. The Balaban J connectivity index is 2.02. The Hall–Kier alpha value is -3.36. The van der Waals surface area contributed by atoms with E-state index in [9.17, 15) is 18.0 Å². The van der Waals surface area contributed by atoms with Gasteiger partial charge in [0.2, 0.25) is 11.8 Å². The molecule has 0 saturated heterocycles. The summed E-state index contributed by atoms with van der Waals surface area (Å²) in [5.74, 6) is -0.769. The minimum Gasteiger partial charge on any atom is -0.350 e. The van der Waals surface area contributed by atoms with Gasteiger partial charge in [-0.3, -0.25) is 13.9 Å². The third-order valence-corrected chi connectivity index (χ3v) is 8.38. The normalized spacial score (nSPS) is 12.4. The van der Waals surface area contributed by atoms with Crippen molar-refractivity contribution in [1.82, 2.24) is 10.2 Å². The Bertz CT molecular complexity index is 1400. The molecule has 214 valence electrons. The van der Waals surface area contributed by atoms with Gasteiger partial charge in [-0.1, -0.05) is 72.6 Å². The van der Waals surface area contributed by atoms with Gasteiger partial charge in [0.25, 0.3) is 10.0 Å². The van der Waals surface area contributed by atoms with Crippen LogP contribution < -0.4 is 9.62 Å². The van der Waals surface area contributed by atoms with E-state index in [0.29, 0.717) is 17.9 Å². The molecule has 0 spiro atoms. The molecular weight excluding hydrogens is 546 g/mol. The minimum absolute atomic E-state index is 0.0548. The van der Waals surface area contributed by atoms with Crippen molar-refractivity contribution in [2.75, 3.05) is 17.4 Å². The van der Waals surface area contributed by atoms with Crippen LogP contribution in [0.1, 0.15) is 45.2 Å². The van der Waals surface area contributed by atoms with E-state index in [-0.39, 0.29) is 23.0 Å². The van der Waals surface area contributed by atoms with E-state index in [1.807, 2.05) is 65.0 Å². The van der Waals surface area contributed by atoms with E-state index in [4.69, 9.17) is 11.6 Å². The number of hydrogen-bond acceptors (Lipinski definition) is 4. The van der Waals surface area contributed by atoms with E-state index in [1.54, 1.807) is 30.3 Å². The lowest BCUT2D eigenvalue weighted by Crippen LogP contribution is -2.56. The summed E-state index contributed by atoms with van der Waals surface area (Å²) < 4.78 is 28.8. The van der Waals surface area contributed by atoms with E-state index in [1.165, 1.54) is 23.1 Å². The van der Waals surface area contributed by atoms with Crippen LogP contribution in [0.3, 0.4) is 0 Å². The standard InChI is InChI=1S/C31H38ClN3O4S/c1-6-28(30(37)33-31(3,4)5)34(20-19-24-11-8-7-9-12-24)29(36)22-35(26-14-10-13-25(32)21-26)40(38,39)27-17-15-23(2)16-18-27/h7-18,21,28H,6,19-20,22H2,1-5H3,(H,33,37)/t28-/m1/s1. The third kappa shape index (κ3) is 8.32. The Kier molecular flexibility index (Phi) is 10.4. The highest BCUT2D eigenvalue weighted by Crippen LogP contribution is 2.27. The van der Waals surface area contributed by atoms with E-state index < -0.39 is 34.1 Å². The summed E-state index contributed by atoms with van der Waals surface area (Å²) in [5.41, 5.74) is 1.68. The van der Waals surface area contributed by atoms with Crippen LogP contribution in [0.15, 0.2) is 83.8 Å². The molecule has 3 rings (SSSR count). The molecule has 3 aromatic rings. The largest absolute Gasteiger partial charge is 0.350 e. The smallest absolute Gasteiger partial charge is 0.264 e. The quantitative estimate of drug-likeness (QED) is 0.318. The average Bonchev–Trinajstić information content (AvgIpc) is 2.89. The van der Waals surface area contributed by atoms with Crippen molar-refractivity contribution in [3.63, 3.8) is 0 Å². The molecule has 7 nitrogen and oxygen atoms in total. The lowest BCUT2D eigenvalue weighted by Gasteiger charge is -2.34. The maximum atomic E-state index is 14.0. The fourth-order valence-corrected chi connectivity index (χ4v) is 5.94. The number of carbonyl (C=O) groups excluding carboxylic acids is 2. The summed E-state index contributed by atoms with van der Waals surface area (Å²) in [4.78, 5) is 28.9. The van der Waals surface area contributed by atoms with Crippen molar-refractivity contribution in [1.29, 1.82) is 0 Å². The summed E-state index contributed by atoms with van der Waals surface area (Å²) >= 11 is 6.23. The van der Waals surface area contributed by atoms with Crippen molar-refractivity contribution >= 4 is 39.1 Å². The molecule has 0 bridgehead atoms. The number of benzene rings is 3. The number of rotatable bonds is 11. The lowest BCUT2D eigenvalue weighted by molar-refractivity contribution is -0.140. The lowest BCUT2D eigenvalue weighted by atomic mass is 10.1. The van der Waals surface area contributed by atoms with Gasteiger partial charge in [0.1, 0.15) is 12.6 Å². The zero-order chi connectivity index (χ0) is 29.5. The Labute approximate surface area is 243 Å². The second kappa shape index (κ2) is 13.3. The van der Waals surface area contributed by atoms with Gasteiger partial charge in [0, 0.05) is 17.1 Å². The first-order valence-corrected chi connectivity index (χ1v) is 15.1. The second-order valence-electron chi connectivity index (χ2n) is 10.8. The van der Waals surface area contributed by atoms with Crippen LogP contribution in [0.4, 0.5) is 5.69 Å². The van der Waals surface area contributed by atoms with Crippen LogP contribution in [0.25, 0.3) is 0 Å². The van der Waals surface area contributed by atoms with Gasteiger partial charge in [-0.15, -0.1) is 0 Å². The summed E-state index contributed by atoms with van der Waals surface area (Å²) in [5, 5.41) is 3.31. The van der Waals surface area contributed by atoms with Crippen LogP contribution in [-0.2, 0) is 26.0 Å². The first-order valence-electron chi connectivity index (χ1n) is 13.3. The molecule has 0 saturated carbocycles. The Morgan fingerprint density at radius 3 is 2.17 bits per heavy atom. The molecule has 0 unspecified atom stereocenters. The Morgan fingerprint density at radius 1 is 0.950 bits per heavy atom. The molecule has 0 aliphatic heterocycles. The third-order valence-electron chi connectivity index (χ3n) is 6.35. The topological polar surface area (TPSA) is 86.8 Å². The number of halogens is 1. The number of anilines is 1. The van der Waals surface area contributed by atoms with Crippen molar-refractivity contribution in [2.24, 2.45) is 0 Å². The summed E-state index contributed by atoms with van der Waals surface area (Å²) in [6.45, 7) is 9.09. The second-order valence-corrected chi connectivity index (χ2v) is 13.1. The molecular formula is C31H38ClN3O4S. The first kappa shape index (κ1) is 31.2. The predicted molar refractivity (Wildman–Crippen MR) is 161 cm³/mol. The molecule has 2 amide bonds. The molecule has 0 aliphatic rings. The fourth-order valence-electron chi connectivity index (χ4n) is 4.35. The average molecular weight is 584 g/mol. The van der Waals surface area contributed by atoms with E-state index >= 15 is 0 Å². The van der Waals surface area contributed by atoms with Crippen molar-refractivity contribution in [3.8, 4) is 0 Å². The highest BCUT2D eigenvalue weighted by atomic mass is 35.5. The molecule has 0 fully saturated rings. The van der Waals surface area contributed by atoms with Crippen LogP contribution in [0.2, 0.25) is 5.02 Å². The van der Waals surface area contributed by atoms with Crippen molar-refractivity contribution < 1.29 is 18.0 Å². The highest BCUT2D eigenvalue weighted by molar-refractivity contribution is 7.92. The molecule has 0 aliphatic carbocycles. The molecule has 40 heavy (non-hydrogen) atoms. The zero-order valence-corrected chi connectivity index (χ0v) is 25.3. The van der Waals surface area contributed by atoms with Gasteiger partial charge >= 0.3 is 0 Å². The molecule has 0 radical (unpaired) electrons. The first-order chi connectivity index (χ1) is 18.8. The van der Waals surface area contributed by atoms with Crippen LogP contribution >= 0.6 is 11.6 Å². The highest BCUT2D eigenvalue weighted by Gasteiger charge is 2.34. The Morgan fingerprint density at radius 2 is 1.60 bits per heavy atom. The molecule has 1 atom stereocenters. The summed E-state index contributed by atoms with van der Waals surface area (Å²) in [7, 11) is -4.14. The summed E-state index contributed by atoms with van der Waals surface area (Å²) in [6.07, 6.45) is 0.873. The van der Waals surface area contributed by atoms with E-state index in [2.05, 4.69) is 5.32 Å². The molecule has 0 heterocycles. The number of nitrogens with zero attached hydrogens (tertiary/aromatic N) is 2. The van der Waals surface area contributed by atoms with Crippen molar-refractivity contribution in [3.05, 3.63) is 95.0 Å². The van der Waals surface area contributed by atoms with Crippen molar-refractivity contribution in [2.45, 2.75) is 63.9 Å². The van der Waals surface area contributed by atoms with Crippen LogP contribution in [0, 0.1) is 6.92 Å². The van der Waals surface area contributed by atoms with Gasteiger partial charge in [0.15, 0.2) is 0 Å². The number of sulfonamides is 1. The zero-order valence-electron chi connectivity index (χ0n) is 23.7. The van der Waals surface area contributed by atoms with Gasteiger partial charge in [-0.25, -0.2) is 8.42 Å². The number of carbonyl (C=O) groups is 2. The molecule has 0 aromatic heterocycles. The van der Waals surface area contributed by atoms with Gasteiger partial charge in [-0.05, 0) is 76.4 Å². The van der Waals surface area contributed by atoms with Gasteiger partial charge in [0.05, 0.1) is 10.6 Å². The number of hydrogen-bond donors (Lipinski definition) is 1. The molecule has 1 N–H and O–H groups in total. The van der Waals surface area contributed by atoms with Crippen LogP contribution in [-0.4, -0.2) is 49.8 Å². The van der Waals surface area contributed by atoms with E-state index in [0.717, 1.165) is 15.4 Å². The molecule has 3 aromatic carbocycles. The summed E-state index contributed by atoms with van der Waals surface area (Å²) in [6, 6.07) is 21.7.